The second kappa shape index (κ2) is 7.99. The van der Waals surface area contributed by atoms with E-state index in [0.717, 1.165) is 34.0 Å². The number of anilines is 2. The van der Waals surface area contributed by atoms with Gasteiger partial charge in [0.1, 0.15) is 5.75 Å². The Morgan fingerprint density at radius 1 is 0.455 bits per heavy atom. The molecular formula is C31H23NO. The van der Waals surface area contributed by atoms with Crippen LogP contribution in [0.3, 0.4) is 0 Å². The van der Waals surface area contributed by atoms with Gasteiger partial charge in [0.15, 0.2) is 5.75 Å². The molecule has 0 N–H and O–H groups in total. The highest BCUT2D eigenvalue weighted by molar-refractivity contribution is 5.94. The van der Waals surface area contributed by atoms with Gasteiger partial charge in [-0.05, 0) is 34.9 Å². The van der Waals surface area contributed by atoms with Crippen molar-refractivity contribution in [1.29, 1.82) is 0 Å². The topological polar surface area (TPSA) is 12.5 Å². The summed E-state index contributed by atoms with van der Waals surface area (Å²) in [5.41, 5.74) is 9.13. The Labute approximate surface area is 194 Å². The van der Waals surface area contributed by atoms with Crippen LogP contribution in [0.4, 0.5) is 11.4 Å². The lowest BCUT2D eigenvalue weighted by Gasteiger charge is -2.26. The molecule has 0 aromatic heterocycles. The van der Waals surface area contributed by atoms with Crippen molar-refractivity contribution < 1.29 is 4.74 Å². The molecule has 1 aliphatic heterocycles. The molecule has 0 unspecified atom stereocenters. The Hall–Kier alpha value is -4.30. The molecule has 0 aliphatic carbocycles. The normalized spacial score (nSPS) is 11.4. The summed E-state index contributed by atoms with van der Waals surface area (Å²) in [5, 5.41) is 0. The van der Waals surface area contributed by atoms with E-state index in [0.29, 0.717) is 0 Å². The fraction of sp³-hybridized carbons (Fsp3) is 0.0323. The van der Waals surface area contributed by atoms with Crippen LogP contribution in [-0.2, 0) is 0 Å². The molecule has 6 rings (SSSR count). The van der Waals surface area contributed by atoms with Gasteiger partial charge in [-0.2, -0.15) is 0 Å². The first-order chi connectivity index (χ1) is 16.3. The molecule has 0 saturated carbocycles. The largest absolute Gasteiger partial charge is 0.454 e. The summed E-state index contributed by atoms with van der Waals surface area (Å²) < 4.78 is 6.66. The van der Waals surface area contributed by atoms with Gasteiger partial charge in [-0.15, -0.1) is 0 Å². The van der Waals surface area contributed by atoms with Crippen LogP contribution in [0.5, 0.6) is 11.5 Å². The van der Waals surface area contributed by atoms with Crippen molar-refractivity contribution in [3.8, 4) is 44.9 Å². The Morgan fingerprint density at radius 2 is 1.00 bits per heavy atom. The lowest BCUT2D eigenvalue weighted by Crippen LogP contribution is -2.12. The standard InChI is InChI=1S/C31H23NO/c1-32(28-19-9-7-14-23(28)22-12-3-2-4-13-22)29-20-11-18-27-25-16-6-5-15-24(25)26-17-8-10-21-30(26)33-31(27)29/h2-21H,1H3. The van der Waals surface area contributed by atoms with Gasteiger partial charge in [-0.1, -0.05) is 103 Å². The molecule has 0 bridgehead atoms. The molecule has 5 aromatic carbocycles. The number of ether oxygens (including phenoxy) is 1. The molecule has 158 valence electrons. The lowest BCUT2D eigenvalue weighted by atomic mass is 9.94. The van der Waals surface area contributed by atoms with E-state index in [1.807, 2.05) is 6.07 Å². The van der Waals surface area contributed by atoms with E-state index in [4.69, 9.17) is 4.74 Å². The van der Waals surface area contributed by atoms with E-state index in [1.54, 1.807) is 0 Å². The maximum Gasteiger partial charge on any atom is 0.158 e. The van der Waals surface area contributed by atoms with Gasteiger partial charge in [0.2, 0.25) is 0 Å². The summed E-state index contributed by atoms with van der Waals surface area (Å²) in [5.74, 6) is 1.75. The Morgan fingerprint density at radius 3 is 1.79 bits per heavy atom. The lowest BCUT2D eigenvalue weighted by molar-refractivity contribution is 0.488. The van der Waals surface area contributed by atoms with Crippen LogP contribution in [0, 0.1) is 0 Å². The van der Waals surface area contributed by atoms with Crippen molar-refractivity contribution in [3.05, 3.63) is 121 Å². The SMILES string of the molecule is CN(c1ccccc1-c1ccccc1)c1cccc2c1Oc1ccccc1-c1ccccc1-2. The van der Waals surface area contributed by atoms with Crippen molar-refractivity contribution in [2.75, 3.05) is 11.9 Å². The smallest absolute Gasteiger partial charge is 0.158 e. The highest BCUT2D eigenvalue weighted by Gasteiger charge is 2.24. The Bertz CT molecular complexity index is 1460. The zero-order valence-corrected chi connectivity index (χ0v) is 18.4. The predicted octanol–water partition coefficient (Wildman–Crippen LogP) is 8.56. The third-order valence-electron chi connectivity index (χ3n) is 6.31. The highest BCUT2D eigenvalue weighted by atomic mass is 16.5. The van der Waals surface area contributed by atoms with E-state index in [1.165, 1.54) is 22.3 Å². The summed E-state index contributed by atoms with van der Waals surface area (Å²) in [4.78, 5) is 2.23. The maximum absolute atomic E-state index is 6.66. The number of hydrogen-bond acceptors (Lipinski definition) is 2. The van der Waals surface area contributed by atoms with Crippen molar-refractivity contribution >= 4 is 11.4 Å². The molecule has 0 radical (unpaired) electrons. The monoisotopic (exact) mass is 425 g/mol. The van der Waals surface area contributed by atoms with Gasteiger partial charge < -0.3 is 9.64 Å². The quantitative estimate of drug-likeness (QED) is 0.281. The molecule has 0 spiro atoms. The van der Waals surface area contributed by atoms with Crippen LogP contribution in [0.2, 0.25) is 0 Å². The molecule has 33 heavy (non-hydrogen) atoms. The van der Waals surface area contributed by atoms with Crippen LogP contribution < -0.4 is 9.64 Å². The summed E-state index contributed by atoms with van der Waals surface area (Å²) in [6, 6.07) is 42.3. The van der Waals surface area contributed by atoms with Crippen molar-refractivity contribution in [2.24, 2.45) is 0 Å². The minimum Gasteiger partial charge on any atom is -0.454 e. The fourth-order valence-corrected chi connectivity index (χ4v) is 4.71. The average Bonchev–Trinajstić information content (AvgIpc) is 3.03. The van der Waals surface area contributed by atoms with Crippen molar-refractivity contribution in [1.82, 2.24) is 0 Å². The summed E-state index contributed by atoms with van der Waals surface area (Å²) in [7, 11) is 2.11. The third-order valence-corrected chi connectivity index (χ3v) is 6.31. The first kappa shape index (κ1) is 19.4. The molecule has 0 fully saturated rings. The Balaban J connectivity index is 1.56. The van der Waals surface area contributed by atoms with E-state index in [2.05, 4.69) is 127 Å². The van der Waals surface area contributed by atoms with Gasteiger partial charge in [0.25, 0.3) is 0 Å². The van der Waals surface area contributed by atoms with E-state index in [9.17, 15) is 0 Å². The second-order valence-corrected chi connectivity index (χ2v) is 8.24. The fourth-order valence-electron chi connectivity index (χ4n) is 4.71. The van der Waals surface area contributed by atoms with Crippen molar-refractivity contribution in [3.63, 3.8) is 0 Å². The summed E-state index contributed by atoms with van der Waals surface area (Å²) >= 11 is 0. The van der Waals surface area contributed by atoms with Gasteiger partial charge in [0.05, 0.1) is 5.69 Å². The van der Waals surface area contributed by atoms with Crippen LogP contribution in [0.15, 0.2) is 121 Å². The molecule has 1 aliphatic rings. The minimum absolute atomic E-state index is 0.875. The molecular weight excluding hydrogens is 402 g/mol. The molecule has 1 heterocycles. The minimum atomic E-state index is 0.875. The van der Waals surface area contributed by atoms with Gasteiger partial charge in [-0.3, -0.25) is 0 Å². The van der Waals surface area contributed by atoms with Gasteiger partial charge in [0, 0.05) is 29.4 Å². The average molecular weight is 426 g/mol. The first-order valence-electron chi connectivity index (χ1n) is 11.2. The third kappa shape index (κ3) is 3.28. The number of fused-ring (bicyclic) bond motifs is 5. The Kier molecular flexibility index (Phi) is 4.70. The second-order valence-electron chi connectivity index (χ2n) is 8.24. The number of rotatable bonds is 3. The molecule has 2 nitrogen and oxygen atoms in total. The van der Waals surface area contributed by atoms with E-state index < -0.39 is 0 Å². The molecule has 0 atom stereocenters. The van der Waals surface area contributed by atoms with E-state index >= 15 is 0 Å². The van der Waals surface area contributed by atoms with Crippen LogP contribution in [0.1, 0.15) is 0 Å². The van der Waals surface area contributed by atoms with Crippen LogP contribution in [0.25, 0.3) is 33.4 Å². The highest BCUT2D eigenvalue weighted by Crippen LogP contribution is 2.51. The zero-order valence-electron chi connectivity index (χ0n) is 18.4. The van der Waals surface area contributed by atoms with Gasteiger partial charge in [-0.25, -0.2) is 0 Å². The van der Waals surface area contributed by atoms with Crippen molar-refractivity contribution in [2.45, 2.75) is 0 Å². The molecule has 2 heteroatoms. The predicted molar refractivity (Wildman–Crippen MR) is 137 cm³/mol. The number of nitrogens with zero attached hydrogens (tertiary/aromatic N) is 1. The van der Waals surface area contributed by atoms with Crippen LogP contribution >= 0.6 is 0 Å². The van der Waals surface area contributed by atoms with Gasteiger partial charge >= 0.3 is 0 Å². The van der Waals surface area contributed by atoms with E-state index in [-0.39, 0.29) is 0 Å². The zero-order chi connectivity index (χ0) is 22.2. The molecule has 0 saturated heterocycles. The maximum atomic E-state index is 6.66. The summed E-state index contributed by atoms with van der Waals surface area (Å²) in [6.07, 6.45) is 0. The van der Waals surface area contributed by atoms with Crippen LogP contribution in [-0.4, -0.2) is 7.05 Å². The number of hydrogen-bond donors (Lipinski definition) is 0. The summed E-state index contributed by atoms with van der Waals surface area (Å²) in [6.45, 7) is 0. The number of para-hydroxylation sites is 3. The molecule has 5 aromatic rings. The first-order valence-corrected chi connectivity index (χ1v) is 11.2. The number of benzene rings is 5. The molecule has 0 amide bonds.